The number of hydrogen-bond donors (Lipinski definition) is 3. The predicted octanol–water partition coefficient (Wildman–Crippen LogP) is -0.375. The van der Waals surface area contributed by atoms with E-state index in [0.717, 1.165) is 5.56 Å². The fraction of sp³-hybridized carbons (Fsp3) is 0.467. The summed E-state index contributed by atoms with van der Waals surface area (Å²) >= 11 is 0. The van der Waals surface area contributed by atoms with Crippen LogP contribution in [0.25, 0.3) is 0 Å². The zero-order valence-corrected chi connectivity index (χ0v) is 12.2. The number of halogens is 1. The Kier molecular flexibility index (Phi) is 5.85. The van der Waals surface area contributed by atoms with Gasteiger partial charge in [0.05, 0.1) is 19.1 Å². The van der Waals surface area contributed by atoms with E-state index in [2.05, 4.69) is 10.6 Å². The normalized spacial score (nSPS) is 18.8. The number of aliphatic hydroxyl groups excluding tert-OH is 1. The maximum absolute atomic E-state index is 13.3. The molecule has 1 saturated heterocycles. The zero-order valence-electron chi connectivity index (χ0n) is 12.2. The maximum Gasteiger partial charge on any atom is 0.237 e. The predicted molar refractivity (Wildman–Crippen MR) is 78.3 cm³/mol. The van der Waals surface area contributed by atoms with Crippen molar-refractivity contribution in [1.82, 2.24) is 15.5 Å². The fourth-order valence-corrected chi connectivity index (χ4v) is 2.49. The Morgan fingerprint density at radius 2 is 2.32 bits per heavy atom. The lowest BCUT2D eigenvalue weighted by atomic mass is 10.1. The van der Waals surface area contributed by atoms with E-state index in [1.807, 2.05) is 4.90 Å². The number of amides is 2. The van der Waals surface area contributed by atoms with Crippen molar-refractivity contribution in [2.45, 2.75) is 19.0 Å². The third-order valence-corrected chi connectivity index (χ3v) is 3.53. The first-order valence-electron chi connectivity index (χ1n) is 7.24. The van der Waals surface area contributed by atoms with Crippen molar-refractivity contribution in [1.29, 1.82) is 0 Å². The fourth-order valence-electron chi connectivity index (χ4n) is 2.49. The maximum atomic E-state index is 13.3. The summed E-state index contributed by atoms with van der Waals surface area (Å²) in [7, 11) is 0. The number of piperazine rings is 1. The van der Waals surface area contributed by atoms with Crippen molar-refractivity contribution in [2.75, 3.05) is 26.2 Å². The molecule has 1 aromatic rings. The van der Waals surface area contributed by atoms with Crippen molar-refractivity contribution < 1.29 is 19.1 Å². The molecule has 1 aliphatic heterocycles. The van der Waals surface area contributed by atoms with E-state index >= 15 is 0 Å². The quantitative estimate of drug-likeness (QED) is 0.669. The summed E-state index contributed by atoms with van der Waals surface area (Å²) in [5.74, 6) is -0.821. The molecule has 3 N–H and O–H groups in total. The summed E-state index contributed by atoms with van der Waals surface area (Å²) < 4.78 is 13.3. The molecule has 1 aromatic carbocycles. The van der Waals surface area contributed by atoms with E-state index in [1.54, 1.807) is 12.1 Å². The van der Waals surface area contributed by atoms with Crippen molar-refractivity contribution in [2.24, 2.45) is 0 Å². The Hall–Kier alpha value is -1.99. The van der Waals surface area contributed by atoms with Gasteiger partial charge in [-0.05, 0) is 17.7 Å². The standard InChI is InChI=1S/C15H20FN3O3/c16-12-3-1-2-11(8-12)10-19-6-4-18-15(22)13(19)9-14(21)17-5-7-20/h1-3,8,13,20H,4-7,9-10H2,(H,17,21)(H,18,22)/t13-/m1/s1. The van der Waals surface area contributed by atoms with Crippen LogP contribution in [0.15, 0.2) is 24.3 Å². The van der Waals surface area contributed by atoms with Gasteiger partial charge >= 0.3 is 0 Å². The van der Waals surface area contributed by atoms with Gasteiger partial charge in [-0.2, -0.15) is 0 Å². The van der Waals surface area contributed by atoms with Gasteiger partial charge in [0.25, 0.3) is 0 Å². The Morgan fingerprint density at radius 1 is 1.50 bits per heavy atom. The van der Waals surface area contributed by atoms with Gasteiger partial charge in [-0.15, -0.1) is 0 Å². The van der Waals surface area contributed by atoms with Crippen LogP contribution in [0.4, 0.5) is 4.39 Å². The molecule has 0 aromatic heterocycles. The molecular formula is C15H20FN3O3. The minimum Gasteiger partial charge on any atom is -0.395 e. The highest BCUT2D eigenvalue weighted by Gasteiger charge is 2.31. The van der Waals surface area contributed by atoms with E-state index in [0.29, 0.717) is 19.6 Å². The van der Waals surface area contributed by atoms with E-state index < -0.39 is 6.04 Å². The van der Waals surface area contributed by atoms with Crippen LogP contribution in [0.1, 0.15) is 12.0 Å². The summed E-state index contributed by atoms with van der Waals surface area (Å²) in [5.41, 5.74) is 0.760. The lowest BCUT2D eigenvalue weighted by molar-refractivity contribution is -0.134. The average Bonchev–Trinajstić information content (AvgIpc) is 2.49. The van der Waals surface area contributed by atoms with Crippen LogP contribution in [0.3, 0.4) is 0 Å². The molecule has 2 rings (SSSR count). The second-order valence-electron chi connectivity index (χ2n) is 5.18. The third-order valence-electron chi connectivity index (χ3n) is 3.53. The van der Waals surface area contributed by atoms with Gasteiger partial charge in [-0.1, -0.05) is 12.1 Å². The highest BCUT2D eigenvalue weighted by atomic mass is 19.1. The average molecular weight is 309 g/mol. The largest absolute Gasteiger partial charge is 0.395 e. The summed E-state index contributed by atoms with van der Waals surface area (Å²) in [6, 6.07) is 5.62. The molecule has 1 atom stereocenters. The number of rotatable bonds is 6. The van der Waals surface area contributed by atoms with E-state index in [1.165, 1.54) is 12.1 Å². The molecule has 22 heavy (non-hydrogen) atoms. The monoisotopic (exact) mass is 309 g/mol. The first-order valence-corrected chi connectivity index (χ1v) is 7.24. The number of nitrogens with one attached hydrogen (secondary N) is 2. The van der Waals surface area contributed by atoms with E-state index in [4.69, 9.17) is 5.11 Å². The molecule has 1 heterocycles. The molecule has 6 nitrogen and oxygen atoms in total. The first kappa shape index (κ1) is 16.4. The molecular weight excluding hydrogens is 289 g/mol. The lowest BCUT2D eigenvalue weighted by Gasteiger charge is -2.34. The molecule has 7 heteroatoms. The Labute approximate surface area is 128 Å². The van der Waals surface area contributed by atoms with Crippen LogP contribution in [-0.4, -0.2) is 54.1 Å². The third kappa shape index (κ3) is 4.51. The summed E-state index contributed by atoms with van der Waals surface area (Å²) in [5, 5.41) is 14.0. The molecule has 1 fully saturated rings. The first-order chi connectivity index (χ1) is 10.6. The van der Waals surface area contributed by atoms with Crippen molar-refractivity contribution in [3.63, 3.8) is 0 Å². The van der Waals surface area contributed by atoms with Crippen LogP contribution in [0, 0.1) is 5.82 Å². The molecule has 0 spiro atoms. The molecule has 0 saturated carbocycles. The van der Waals surface area contributed by atoms with Gasteiger partial charge < -0.3 is 15.7 Å². The molecule has 2 amide bonds. The van der Waals surface area contributed by atoms with Crippen LogP contribution in [0.2, 0.25) is 0 Å². The second-order valence-corrected chi connectivity index (χ2v) is 5.18. The number of aliphatic hydroxyl groups is 1. The molecule has 0 bridgehead atoms. The number of nitrogens with zero attached hydrogens (tertiary/aromatic N) is 1. The topological polar surface area (TPSA) is 81.7 Å². The second kappa shape index (κ2) is 7.86. The highest BCUT2D eigenvalue weighted by molar-refractivity contribution is 5.88. The Morgan fingerprint density at radius 3 is 3.05 bits per heavy atom. The van der Waals surface area contributed by atoms with Gasteiger partial charge in [-0.3, -0.25) is 14.5 Å². The van der Waals surface area contributed by atoms with Crippen LogP contribution >= 0.6 is 0 Å². The van der Waals surface area contributed by atoms with Crippen LogP contribution in [0.5, 0.6) is 0 Å². The van der Waals surface area contributed by atoms with Gasteiger partial charge in [0.2, 0.25) is 11.8 Å². The summed E-state index contributed by atoms with van der Waals surface area (Å²) in [6.07, 6.45) is 0.0150. The number of benzene rings is 1. The minimum atomic E-state index is -0.587. The zero-order chi connectivity index (χ0) is 15.9. The van der Waals surface area contributed by atoms with Gasteiger partial charge in [0.1, 0.15) is 5.82 Å². The van der Waals surface area contributed by atoms with Crippen molar-refractivity contribution in [3.8, 4) is 0 Å². The molecule has 0 aliphatic carbocycles. The smallest absolute Gasteiger partial charge is 0.237 e. The molecule has 120 valence electrons. The van der Waals surface area contributed by atoms with E-state index in [9.17, 15) is 14.0 Å². The molecule has 1 aliphatic rings. The van der Waals surface area contributed by atoms with Gasteiger partial charge in [-0.25, -0.2) is 4.39 Å². The van der Waals surface area contributed by atoms with Crippen molar-refractivity contribution >= 4 is 11.8 Å². The number of hydrogen-bond acceptors (Lipinski definition) is 4. The van der Waals surface area contributed by atoms with Gasteiger partial charge in [0.15, 0.2) is 0 Å². The molecule has 0 radical (unpaired) electrons. The number of carbonyl (C=O) groups is 2. The Balaban J connectivity index is 2.03. The Bertz CT molecular complexity index is 539. The number of carbonyl (C=O) groups excluding carboxylic acids is 2. The van der Waals surface area contributed by atoms with Crippen molar-refractivity contribution in [3.05, 3.63) is 35.6 Å². The lowest BCUT2D eigenvalue weighted by Crippen LogP contribution is -2.56. The molecule has 0 unspecified atom stereocenters. The SMILES string of the molecule is O=C(C[C@@H]1C(=O)NCCN1Cc1cccc(F)c1)NCCO. The summed E-state index contributed by atoms with van der Waals surface area (Å²) in [6.45, 7) is 1.53. The highest BCUT2D eigenvalue weighted by Crippen LogP contribution is 2.14. The van der Waals surface area contributed by atoms with Crippen LogP contribution < -0.4 is 10.6 Å². The minimum absolute atomic E-state index is 0.0150. The van der Waals surface area contributed by atoms with Crippen LogP contribution in [-0.2, 0) is 16.1 Å². The van der Waals surface area contributed by atoms with Gasteiger partial charge in [0, 0.05) is 26.2 Å². The van der Waals surface area contributed by atoms with E-state index in [-0.39, 0.29) is 37.2 Å². The summed E-state index contributed by atoms with van der Waals surface area (Å²) in [4.78, 5) is 25.7.